The number of benzene rings is 3. The van der Waals surface area contributed by atoms with Crippen LogP contribution in [0.25, 0.3) is 11.3 Å². The van der Waals surface area contributed by atoms with E-state index in [2.05, 4.69) is 21.1 Å². The summed E-state index contributed by atoms with van der Waals surface area (Å²) in [6.45, 7) is 0. The molecule has 3 aromatic carbocycles. The molecule has 0 unspecified atom stereocenters. The number of sulfonamides is 1. The molecule has 33 heavy (non-hydrogen) atoms. The number of anilines is 2. The summed E-state index contributed by atoms with van der Waals surface area (Å²) in [6, 6.07) is 20.4. The quantitative estimate of drug-likeness (QED) is 0.376. The minimum atomic E-state index is -3.90. The highest BCUT2D eigenvalue weighted by molar-refractivity contribution is 7.92. The Kier molecular flexibility index (Phi) is 5.65. The van der Waals surface area contributed by atoms with E-state index in [0.29, 0.717) is 10.2 Å². The molecule has 2 N–H and O–H groups in total. The molecule has 0 aliphatic heterocycles. The van der Waals surface area contributed by atoms with Gasteiger partial charge in [0, 0.05) is 15.5 Å². The molecule has 0 bridgehead atoms. The smallest absolute Gasteiger partial charge is 0.261 e. The number of carbonyl (C=O) groups is 1. The van der Waals surface area contributed by atoms with Crippen LogP contribution >= 0.6 is 22.9 Å². The van der Waals surface area contributed by atoms with Crippen molar-refractivity contribution in [1.29, 1.82) is 0 Å². The average Bonchev–Trinajstić information content (AvgIpc) is 3.22. The van der Waals surface area contributed by atoms with E-state index in [0.717, 1.165) is 29.0 Å². The minimum Gasteiger partial charge on any atom is -0.298 e. The Labute approximate surface area is 200 Å². The van der Waals surface area contributed by atoms with Crippen molar-refractivity contribution in [1.82, 2.24) is 4.98 Å². The molecule has 1 aromatic heterocycles. The van der Waals surface area contributed by atoms with E-state index in [1.807, 2.05) is 18.2 Å². The van der Waals surface area contributed by atoms with Gasteiger partial charge in [-0.05, 0) is 54.8 Å². The van der Waals surface area contributed by atoms with E-state index in [9.17, 15) is 13.2 Å². The van der Waals surface area contributed by atoms with Gasteiger partial charge in [-0.25, -0.2) is 13.4 Å². The van der Waals surface area contributed by atoms with Crippen molar-refractivity contribution in [2.45, 2.75) is 17.7 Å². The molecule has 0 radical (unpaired) electrons. The van der Waals surface area contributed by atoms with Gasteiger partial charge in [0.1, 0.15) is 0 Å². The number of halogens is 1. The number of para-hydroxylation sites is 1. The number of carbonyl (C=O) groups excluding carboxylic acids is 1. The Hall–Kier alpha value is -3.20. The largest absolute Gasteiger partial charge is 0.298 e. The third kappa shape index (κ3) is 4.37. The van der Waals surface area contributed by atoms with Crippen molar-refractivity contribution in [3.05, 3.63) is 93.8 Å². The normalized spacial score (nSPS) is 12.5. The third-order valence-electron chi connectivity index (χ3n) is 5.35. The van der Waals surface area contributed by atoms with Gasteiger partial charge >= 0.3 is 0 Å². The number of thiazole rings is 1. The first-order valence-electron chi connectivity index (χ1n) is 10.2. The first-order chi connectivity index (χ1) is 15.9. The number of hydrogen-bond donors (Lipinski definition) is 2. The lowest BCUT2D eigenvalue weighted by Gasteiger charge is -2.13. The Bertz CT molecular complexity index is 1460. The van der Waals surface area contributed by atoms with Crippen LogP contribution < -0.4 is 10.0 Å². The second-order valence-electron chi connectivity index (χ2n) is 7.51. The molecule has 0 saturated carbocycles. The number of hydrogen-bond acceptors (Lipinski definition) is 5. The first kappa shape index (κ1) is 21.6. The SMILES string of the molecule is O=C(Nc1nc2c(s1)CCc1ccccc1-2)c1ccccc1NS(=O)(=O)c1ccc(Cl)cc1. The highest BCUT2D eigenvalue weighted by Crippen LogP contribution is 2.38. The van der Waals surface area contributed by atoms with Crippen LogP contribution in [-0.4, -0.2) is 19.3 Å². The summed E-state index contributed by atoms with van der Waals surface area (Å²) in [5.74, 6) is -0.441. The third-order valence-corrected chi connectivity index (χ3v) is 8.02. The van der Waals surface area contributed by atoms with Gasteiger partial charge in [-0.3, -0.25) is 14.8 Å². The zero-order chi connectivity index (χ0) is 23.0. The van der Waals surface area contributed by atoms with Crippen molar-refractivity contribution >= 4 is 49.7 Å². The van der Waals surface area contributed by atoms with Gasteiger partial charge in [0.2, 0.25) is 0 Å². The molecule has 0 saturated heterocycles. The second-order valence-corrected chi connectivity index (χ2v) is 10.7. The lowest BCUT2D eigenvalue weighted by Crippen LogP contribution is -2.18. The summed E-state index contributed by atoms with van der Waals surface area (Å²) in [6.07, 6.45) is 1.81. The Balaban J connectivity index is 1.40. The predicted molar refractivity (Wildman–Crippen MR) is 132 cm³/mol. The molecule has 9 heteroatoms. The maximum Gasteiger partial charge on any atom is 0.261 e. The van der Waals surface area contributed by atoms with Gasteiger partial charge in [-0.15, -0.1) is 11.3 Å². The van der Waals surface area contributed by atoms with Crippen LogP contribution in [0.4, 0.5) is 10.8 Å². The van der Waals surface area contributed by atoms with E-state index in [4.69, 9.17) is 11.6 Å². The number of nitrogens with zero attached hydrogens (tertiary/aromatic N) is 1. The molecule has 0 atom stereocenters. The van der Waals surface area contributed by atoms with Crippen LogP contribution in [0.1, 0.15) is 20.8 Å². The molecule has 1 amide bonds. The zero-order valence-electron chi connectivity index (χ0n) is 17.2. The summed E-state index contributed by atoms with van der Waals surface area (Å²) in [5.41, 5.74) is 3.61. The number of nitrogens with one attached hydrogen (secondary N) is 2. The highest BCUT2D eigenvalue weighted by Gasteiger charge is 2.23. The second kappa shape index (κ2) is 8.62. The van der Waals surface area contributed by atoms with Crippen molar-refractivity contribution in [2.75, 3.05) is 10.0 Å². The minimum absolute atomic E-state index is 0.0494. The Morgan fingerprint density at radius 1 is 0.939 bits per heavy atom. The summed E-state index contributed by atoms with van der Waals surface area (Å²) < 4.78 is 28.1. The van der Waals surface area contributed by atoms with Crippen LogP contribution in [0.2, 0.25) is 5.02 Å². The van der Waals surface area contributed by atoms with Gasteiger partial charge in [0.25, 0.3) is 15.9 Å². The fourth-order valence-corrected chi connectivity index (χ4v) is 5.93. The Morgan fingerprint density at radius 3 is 2.48 bits per heavy atom. The van der Waals surface area contributed by atoms with Crippen LogP contribution in [-0.2, 0) is 22.9 Å². The van der Waals surface area contributed by atoms with Crippen molar-refractivity contribution < 1.29 is 13.2 Å². The van der Waals surface area contributed by atoms with E-state index in [1.54, 1.807) is 24.3 Å². The fourth-order valence-electron chi connectivity index (χ4n) is 3.75. The highest BCUT2D eigenvalue weighted by atomic mass is 35.5. The van der Waals surface area contributed by atoms with Crippen LogP contribution in [0.15, 0.2) is 77.7 Å². The maximum atomic E-state index is 13.1. The predicted octanol–water partition coefficient (Wildman–Crippen LogP) is 5.62. The summed E-state index contributed by atoms with van der Waals surface area (Å²) in [7, 11) is -3.90. The van der Waals surface area contributed by atoms with Crippen molar-refractivity contribution in [2.24, 2.45) is 0 Å². The monoisotopic (exact) mass is 495 g/mol. The van der Waals surface area contributed by atoms with Crippen LogP contribution in [0.3, 0.4) is 0 Å². The molecular weight excluding hydrogens is 478 g/mol. The van der Waals surface area contributed by atoms with Gasteiger partial charge in [-0.2, -0.15) is 0 Å². The zero-order valence-corrected chi connectivity index (χ0v) is 19.6. The lowest BCUT2D eigenvalue weighted by atomic mass is 9.94. The molecule has 1 aliphatic rings. The summed E-state index contributed by atoms with van der Waals surface area (Å²) in [5, 5.41) is 3.75. The molecule has 166 valence electrons. The number of aryl methyl sites for hydroxylation is 2. The number of aromatic nitrogens is 1. The maximum absolute atomic E-state index is 13.1. The fraction of sp³-hybridized carbons (Fsp3) is 0.0833. The summed E-state index contributed by atoms with van der Waals surface area (Å²) >= 11 is 7.30. The molecule has 1 aliphatic carbocycles. The van der Waals surface area contributed by atoms with Gasteiger partial charge in [-0.1, -0.05) is 48.0 Å². The topological polar surface area (TPSA) is 88.2 Å². The van der Waals surface area contributed by atoms with Crippen LogP contribution in [0.5, 0.6) is 0 Å². The molecule has 0 fully saturated rings. The molecule has 6 nitrogen and oxygen atoms in total. The van der Waals surface area contributed by atoms with Gasteiger partial charge in [0.15, 0.2) is 5.13 Å². The van der Waals surface area contributed by atoms with Gasteiger partial charge < -0.3 is 0 Å². The van der Waals surface area contributed by atoms with E-state index in [-0.39, 0.29) is 16.1 Å². The van der Waals surface area contributed by atoms with E-state index in [1.165, 1.54) is 41.2 Å². The lowest BCUT2D eigenvalue weighted by molar-refractivity contribution is 0.102. The molecule has 4 aromatic rings. The molecule has 5 rings (SSSR count). The van der Waals surface area contributed by atoms with Crippen molar-refractivity contribution in [3.8, 4) is 11.3 Å². The molecule has 0 spiro atoms. The number of rotatable bonds is 5. The number of fused-ring (bicyclic) bond motifs is 3. The van der Waals surface area contributed by atoms with Gasteiger partial charge in [0.05, 0.1) is 21.8 Å². The summed E-state index contributed by atoms with van der Waals surface area (Å²) in [4.78, 5) is 18.9. The Morgan fingerprint density at radius 2 is 1.67 bits per heavy atom. The number of amides is 1. The van der Waals surface area contributed by atoms with E-state index >= 15 is 0 Å². The molecule has 1 heterocycles. The van der Waals surface area contributed by atoms with Crippen LogP contribution in [0, 0.1) is 0 Å². The molecular formula is C24H18ClN3O3S2. The van der Waals surface area contributed by atoms with E-state index < -0.39 is 15.9 Å². The average molecular weight is 496 g/mol. The first-order valence-corrected chi connectivity index (χ1v) is 12.9. The van der Waals surface area contributed by atoms with Crippen molar-refractivity contribution in [3.63, 3.8) is 0 Å². The standard InChI is InChI=1S/C24H18ClN3O3S2/c25-16-10-12-17(13-11-16)33(30,31)28-20-8-4-3-7-19(20)23(29)27-24-26-22-18-6-2-1-5-15(18)9-14-21(22)32-24/h1-8,10-13,28H,9,14H2,(H,26,27,29).